The Morgan fingerprint density at radius 1 is 1.29 bits per heavy atom. The Morgan fingerprint density at radius 3 is 2.90 bits per heavy atom. The molecular weight excluding hydrogens is 302 g/mol. The van der Waals surface area contributed by atoms with Gasteiger partial charge in [-0.3, -0.25) is 0 Å². The number of benzene rings is 1. The number of rotatable bonds is 7. The highest BCUT2D eigenvalue weighted by atomic mass is 35.5. The van der Waals surface area contributed by atoms with Crippen LogP contribution in [0.4, 0.5) is 0 Å². The molecule has 0 radical (unpaired) electrons. The Labute approximate surface area is 135 Å². The normalized spacial score (nSPS) is 14.6. The summed E-state index contributed by atoms with van der Waals surface area (Å²) in [5.74, 6) is 0. The van der Waals surface area contributed by atoms with Crippen LogP contribution in [0.25, 0.3) is 0 Å². The lowest BCUT2D eigenvalue weighted by molar-refractivity contribution is 0.107. The van der Waals surface area contributed by atoms with Gasteiger partial charge in [0.15, 0.2) is 0 Å². The first-order chi connectivity index (χ1) is 10.2. The first-order valence-electron chi connectivity index (χ1n) is 7.34. The average molecular weight is 322 g/mol. The number of thiophene rings is 1. The maximum absolute atomic E-state index is 5.97. The summed E-state index contributed by atoms with van der Waals surface area (Å²) >= 11 is 7.84. The summed E-state index contributed by atoms with van der Waals surface area (Å²) in [6.45, 7) is 4.43. The average Bonchev–Trinajstić information content (AvgIpc) is 3.22. The van der Waals surface area contributed by atoms with Gasteiger partial charge < -0.3 is 10.1 Å². The Hall–Kier alpha value is -0.870. The van der Waals surface area contributed by atoms with Crippen molar-refractivity contribution in [3.8, 4) is 0 Å². The fraction of sp³-hybridized carbons (Fsp3) is 0.412. The van der Waals surface area contributed by atoms with Gasteiger partial charge in [0, 0.05) is 27.4 Å². The van der Waals surface area contributed by atoms with E-state index in [1.807, 2.05) is 35.6 Å². The Kier molecular flexibility index (Phi) is 4.96. The number of hydrogen-bond donors (Lipinski definition) is 1. The second kappa shape index (κ2) is 6.93. The lowest BCUT2D eigenvalue weighted by atomic mass is 10.2. The highest BCUT2D eigenvalue weighted by Crippen LogP contribution is 2.25. The summed E-state index contributed by atoms with van der Waals surface area (Å²) in [5.41, 5.74) is 2.42. The van der Waals surface area contributed by atoms with Crippen molar-refractivity contribution in [2.75, 3.05) is 0 Å². The third-order valence-corrected chi connectivity index (χ3v) is 4.96. The van der Waals surface area contributed by atoms with Gasteiger partial charge in [-0.15, -0.1) is 11.3 Å². The summed E-state index contributed by atoms with van der Waals surface area (Å²) in [6, 6.07) is 10.9. The minimum absolute atomic E-state index is 0.603. The largest absolute Gasteiger partial charge is 0.372 e. The van der Waals surface area contributed by atoms with Crippen LogP contribution in [0.2, 0.25) is 5.02 Å². The van der Waals surface area contributed by atoms with Crippen LogP contribution in [0, 0.1) is 6.92 Å². The van der Waals surface area contributed by atoms with E-state index < -0.39 is 0 Å². The molecule has 0 amide bonds. The number of hydrogen-bond acceptors (Lipinski definition) is 3. The molecule has 1 aromatic heterocycles. The van der Waals surface area contributed by atoms with Gasteiger partial charge in [-0.2, -0.15) is 0 Å². The standard InChI is InChI=1S/C17H20ClNOS/c1-12-14(8-17(21-12)9-19-16-5-6-16)11-20-10-13-3-2-4-15(18)7-13/h2-4,7-8,16,19H,5-6,9-11H2,1H3. The molecule has 1 heterocycles. The summed E-state index contributed by atoms with van der Waals surface area (Å²) in [6.07, 6.45) is 2.67. The topological polar surface area (TPSA) is 21.3 Å². The highest BCUT2D eigenvalue weighted by Gasteiger charge is 2.20. The first-order valence-corrected chi connectivity index (χ1v) is 8.54. The van der Waals surface area contributed by atoms with Gasteiger partial charge in [-0.05, 0) is 49.1 Å². The van der Waals surface area contributed by atoms with Crippen LogP contribution in [-0.4, -0.2) is 6.04 Å². The highest BCUT2D eigenvalue weighted by molar-refractivity contribution is 7.12. The first kappa shape index (κ1) is 15.0. The Morgan fingerprint density at radius 2 is 2.14 bits per heavy atom. The molecule has 4 heteroatoms. The fourth-order valence-electron chi connectivity index (χ4n) is 2.26. The molecule has 1 aliphatic carbocycles. The van der Waals surface area contributed by atoms with Crippen LogP contribution >= 0.6 is 22.9 Å². The zero-order chi connectivity index (χ0) is 14.7. The van der Waals surface area contributed by atoms with Crippen LogP contribution in [-0.2, 0) is 24.5 Å². The molecule has 1 N–H and O–H groups in total. The molecule has 0 aliphatic heterocycles. The van der Waals surface area contributed by atoms with Gasteiger partial charge in [0.1, 0.15) is 0 Å². The molecule has 0 atom stereocenters. The van der Waals surface area contributed by atoms with Gasteiger partial charge in [-0.25, -0.2) is 0 Å². The van der Waals surface area contributed by atoms with E-state index in [2.05, 4.69) is 18.3 Å². The van der Waals surface area contributed by atoms with Crippen molar-refractivity contribution in [2.45, 2.75) is 45.6 Å². The van der Waals surface area contributed by atoms with Crippen LogP contribution in [0.15, 0.2) is 30.3 Å². The third-order valence-electron chi connectivity index (χ3n) is 3.63. The van der Waals surface area contributed by atoms with Gasteiger partial charge in [-0.1, -0.05) is 23.7 Å². The number of ether oxygens (including phenoxy) is 1. The molecule has 1 fully saturated rings. The monoisotopic (exact) mass is 321 g/mol. The Bertz CT molecular complexity index is 607. The molecule has 0 spiro atoms. The molecule has 0 bridgehead atoms. The molecule has 1 saturated carbocycles. The van der Waals surface area contributed by atoms with Gasteiger partial charge in [0.25, 0.3) is 0 Å². The minimum Gasteiger partial charge on any atom is -0.372 e. The van der Waals surface area contributed by atoms with Crippen LogP contribution in [0.3, 0.4) is 0 Å². The zero-order valence-corrected chi connectivity index (χ0v) is 13.8. The van der Waals surface area contributed by atoms with Crippen molar-refractivity contribution in [2.24, 2.45) is 0 Å². The predicted molar refractivity (Wildman–Crippen MR) is 88.9 cm³/mol. The van der Waals surface area contributed by atoms with Crippen LogP contribution < -0.4 is 5.32 Å². The van der Waals surface area contributed by atoms with E-state index in [4.69, 9.17) is 16.3 Å². The number of aryl methyl sites for hydroxylation is 1. The smallest absolute Gasteiger partial charge is 0.0732 e. The molecule has 112 valence electrons. The molecule has 3 rings (SSSR count). The molecule has 1 aliphatic rings. The maximum atomic E-state index is 5.97. The van der Waals surface area contributed by atoms with E-state index in [1.54, 1.807) is 0 Å². The summed E-state index contributed by atoms with van der Waals surface area (Å²) in [4.78, 5) is 2.76. The van der Waals surface area contributed by atoms with E-state index in [0.29, 0.717) is 13.2 Å². The van der Waals surface area contributed by atoms with Gasteiger partial charge >= 0.3 is 0 Å². The number of nitrogens with one attached hydrogen (secondary N) is 1. The number of halogens is 1. The van der Waals surface area contributed by atoms with Crippen molar-refractivity contribution in [1.29, 1.82) is 0 Å². The van der Waals surface area contributed by atoms with Crippen molar-refractivity contribution >= 4 is 22.9 Å². The maximum Gasteiger partial charge on any atom is 0.0732 e. The molecule has 0 unspecified atom stereocenters. The lowest BCUT2D eigenvalue weighted by Gasteiger charge is -2.04. The van der Waals surface area contributed by atoms with E-state index in [1.165, 1.54) is 28.2 Å². The quantitative estimate of drug-likeness (QED) is 0.799. The summed E-state index contributed by atoms with van der Waals surface area (Å²) < 4.78 is 5.82. The van der Waals surface area contributed by atoms with E-state index in [0.717, 1.165) is 23.2 Å². The zero-order valence-electron chi connectivity index (χ0n) is 12.2. The second-order valence-electron chi connectivity index (χ2n) is 5.57. The molecule has 21 heavy (non-hydrogen) atoms. The molecule has 2 aromatic rings. The van der Waals surface area contributed by atoms with E-state index in [9.17, 15) is 0 Å². The SMILES string of the molecule is Cc1sc(CNC2CC2)cc1COCc1cccc(Cl)c1. The molecule has 2 nitrogen and oxygen atoms in total. The van der Waals surface area contributed by atoms with Gasteiger partial charge in [0.2, 0.25) is 0 Å². The molecule has 1 aromatic carbocycles. The summed E-state index contributed by atoms with van der Waals surface area (Å²) in [7, 11) is 0. The van der Waals surface area contributed by atoms with E-state index >= 15 is 0 Å². The van der Waals surface area contributed by atoms with Crippen molar-refractivity contribution in [1.82, 2.24) is 5.32 Å². The summed E-state index contributed by atoms with van der Waals surface area (Å²) in [5, 5.41) is 4.32. The van der Waals surface area contributed by atoms with Crippen LogP contribution in [0.5, 0.6) is 0 Å². The molecular formula is C17H20ClNOS. The van der Waals surface area contributed by atoms with Crippen LogP contribution in [0.1, 0.15) is 33.7 Å². The third kappa shape index (κ3) is 4.55. The van der Waals surface area contributed by atoms with Crippen molar-refractivity contribution < 1.29 is 4.74 Å². The van der Waals surface area contributed by atoms with E-state index in [-0.39, 0.29) is 0 Å². The Balaban J connectivity index is 1.50. The molecule has 0 saturated heterocycles. The van der Waals surface area contributed by atoms with Crippen molar-refractivity contribution in [3.05, 3.63) is 56.2 Å². The van der Waals surface area contributed by atoms with Gasteiger partial charge in [0.05, 0.1) is 13.2 Å². The lowest BCUT2D eigenvalue weighted by Crippen LogP contribution is -2.14. The second-order valence-corrected chi connectivity index (χ2v) is 7.35. The fourth-order valence-corrected chi connectivity index (χ4v) is 3.47. The van der Waals surface area contributed by atoms with Crippen molar-refractivity contribution in [3.63, 3.8) is 0 Å². The predicted octanol–water partition coefficient (Wildman–Crippen LogP) is 4.68. The minimum atomic E-state index is 0.603.